The Hall–Kier alpha value is -1.85. The number of piperidine rings is 1. The smallest absolute Gasteiger partial charge is 0.276 e. The molecule has 1 unspecified atom stereocenters. The van der Waals surface area contributed by atoms with E-state index in [4.69, 9.17) is 4.52 Å². The molecule has 1 aromatic rings. The summed E-state index contributed by atoms with van der Waals surface area (Å²) < 4.78 is 4.91. The molecule has 6 nitrogen and oxygen atoms in total. The molecule has 0 aliphatic carbocycles. The molecule has 21 heavy (non-hydrogen) atoms. The minimum Gasteiger partial charge on any atom is -0.361 e. The van der Waals surface area contributed by atoms with Crippen molar-refractivity contribution in [2.24, 2.45) is 11.8 Å². The van der Waals surface area contributed by atoms with Crippen LogP contribution in [0.1, 0.15) is 36.0 Å². The summed E-state index contributed by atoms with van der Waals surface area (Å²) in [6, 6.07) is 1.63. The molecule has 114 valence electrons. The van der Waals surface area contributed by atoms with E-state index in [-0.39, 0.29) is 17.7 Å². The van der Waals surface area contributed by atoms with E-state index in [2.05, 4.69) is 12.1 Å². The summed E-state index contributed by atoms with van der Waals surface area (Å²) in [5.74, 6) is 1.20. The van der Waals surface area contributed by atoms with Gasteiger partial charge in [0.15, 0.2) is 5.69 Å². The van der Waals surface area contributed by atoms with Crippen molar-refractivity contribution in [3.8, 4) is 0 Å². The number of nitrogens with zero attached hydrogens (tertiary/aromatic N) is 3. The first-order chi connectivity index (χ1) is 10.0. The van der Waals surface area contributed by atoms with Gasteiger partial charge < -0.3 is 14.3 Å². The van der Waals surface area contributed by atoms with Crippen LogP contribution in [0.5, 0.6) is 0 Å². The van der Waals surface area contributed by atoms with Crippen molar-refractivity contribution in [1.82, 2.24) is 15.0 Å². The predicted octanol–water partition coefficient (Wildman–Crippen LogP) is 1.31. The predicted molar refractivity (Wildman–Crippen MR) is 75.6 cm³/mol. The van der Waals surface area contributed by atoms with Gasteiger partial charge in [-0.25, -0.2) is 0 Å². The topological polar surface area (TPSA) is 66.7 Å². The molecule has 0 spiro atoms. The number of likely N-dealkylation sites (tertiary alicyclic amines) is 2. The van der Waals surface area contributed by atoms with E-state index in [0.717, 1.165) is 19.5 Å². The number of aromatic nitrogens is 1. The molecule has 2 amide bonds. The molecule has 0 saturated carbocycles. The molecule has 2 aliphatic rings. The maximum atomic E-state index is 12.4. The highest BCUT2D eigenvalue weighted by Crippen LogP contribution is 2.24. The highest BCUT2D eigenvalue weighted by molar-refractivity contribution is 5.94. The summed E-state index contributed by atoms with van der Waals surface area (Å²) in [7, 11) is 0. The lowest BCUT2D eigenvalue weighted by Crippen LogP contribution is -2.57. The zero-order valence-corrected chi connectivity index (χ0v) is 12.5. The minimum absolute atomic E-state index is 0.0488. The van der Waals surface area contributed by atoms with Gasteiger partial charge in [-0.15, -0.1) is 0 Å². The van der Waals surface area contributed by atoms with Crippen LogP contribution in [-0.4, -0.2) is 52.9 Å². The van der Waals surface area contributed by atoms with Gasteiger partial charge in [0.25, 0.3) is 5.91 Å². The second-order valence-corrected chi connectivity index (χ2v) is 6.26. The zero-order chi connectivity index (χ0) is 15.0. The molecule has 0 radical (unpaired) electrons. The van der Waals surface area contributed by atoms with Crippen molar-refractivity contribution in [2.75, 3.05) is 26.2 Å². The summed E-state index contributed by atoms with van der Waals surface area (Å²) in [6.07, 6.45) is 2.28. The summed E-state index contributed by atoms with van der Waals surface area (Å²) >= 11 is 0. The maximum Gasteiger partial charge on any atom is 0.276 e. The SMILES string of the molecule is Cc1cc(C(=O)N2CC(C(=O)N3CCCC(C)C3)C2)no1. The van der Waals surface area contributed by atoms with Crippen molar-refractivity contribution in [2.45, 2.75) is 26.7 Å². The van der Waals surface area contributed by atoms with E-state index < -0.39 is 0 Å². The fourth-order valence-corrected chi connectivity index (χ4v) is 3.08. The van der Waals surface area contributed by atoms with E-state index in [1.807, 2.05) is 4.90 Å². The number of hydrogen-bond acceptors (Lipinski definition) is 4. The average molecular weight is 291 g/mol. The molecule has 0 N–H and O–H groups in total. The molecular formula is C15H21N3O3. The van der Waals surface area contributed by atoms with Gasteiger partial charge in [-0.3, -0.25) is 9.59 Å². The number of amides is 2. The molecular weight excluding hydrogens is 270 g/mol. The highest BCUT2D eigenvalue weighted by Gasteiger charge is 2.39. The zero-order valence-electron chi connectivity index (χ0n) is 12.5. The summed E-state index contributed by atoms with van der Waals surface area (Å²) in [5, 5.41) is 3.73. The highest BCUT2D eigenvalue weighted by atomic mass is 16.5. The van der Waals surface area contributed by atoms with Crippen LogP contribution in [0.25, 0.3) is 0 Å². The standard InChI is InChI=1S/C15H21N3O3/c1-10-4-3-5-17(7-10)14(19)12-8-18(9-12)15(20)13-6-11(2)21-16-13/h6,10,12H,3-5,7-9H2,1-2H3. The van der Waals surface area contributed by atoms with Crippen molar-refractivity contribution in [1.29, 1.82) is 0 Å². The number of carbonyl (C=O) groups is 2. The van der Waals surface area contributed by atoms with Crippen LogP contribution < -0.4 is 0 Å². The van der Waals surface area contributed by atoms with Gasteiger partial charge in [0.2, 0.25) is 5.91 Å². The van der Waals surface area contributed by atoms with Crippen molar-refractivity contribution in [3.05, 3.63) is 17.5 Å². The number of rotatable bonds is 2. The van der Waals surface area contributed by atoms with Gasteiger partial charge in [-0.1, -0.05) is 12.1 Å². The molecule has 6 heteroatoms. The van der Waals surface area contributed by atoms with E-state index in [0.29, 0.717) is 30.5 Å². The van der Waals surface area contributed by atoms with Gasteiger partial charge >= 0.3 is 0 Å². The number of carbonyl (C=O) groups excluding carboxylic acids is 2. The first-order valence-corrected chi connectivity index (χ1v) is 7.56. The quantitative estimate of drug-likeness (QED) is 0.824. The molecule has 2 saturated heterocycles. The van der Waals surface area contributed by atoms with Gasteiger partial charge in [0, 0.05) is 32.2 Å². The first-order valence-electron chi connectivity index (χ1n) is 7.56. The van der Waals surface area contributed by atoms with Crippen LogP contribution in [0.4, 0.5) is 0 Å². The van der Waals surface area contributed by atoms with E-state index in [1.54, 1.807) is 17.9 Å². The Kier molecular flexibility index (Phi) is 3.69. The van der Waals surface area contributed by atoms with Crippen LogP contribution in [0.2, 0.25) is 0 Å². The Balaban J connectivity index is 1.53. The summed E-state index contributed by atoms with van der Waals surface area (Å²) in [4.78, 5) is 28.1. The summed E-state index contributed by atoms with van der Waals surface area (Å²) in [6.45, 7) is 6.64. The second-order valence-electron chi connectivity index (χ2n) is 6.26. The van der Waals surface area contributed by atoms with E-state index in [1.165, 1.54) is 6.42 Å². The van der Waals surface area contributed by atoms with Gasteiger partial charge in [0.05, 0.1) is 5.92 Å². The molecule has 1 aromatic heterocycles. The minimum atomic E-state index is -0.150. The lowest BCUT2D eigenvalue weighted by Gasteiger charge is -2.41. The summed E-state index contributed by atoms with van der Waals surface area (Å²) in [5.41, 5.74) is 0.324. The third kappa shape index (κ3) is 2.80. The fraction of sp³-hybridized carbons (Fsp3) is 0.667. The van der Waals surface area contributed by atoms with Gasteiger partial charge in [-0.2, -0.15) is 0 Å². The Bertz CT molecular complexity index is 548. The Morgan fingerprint density at radius 2 is 2.05 bits per heavy atom. The van der Waals surface area contributed by atoms with Crippen LogP contribution in [0.3, 0.4) is 0 Å². The lowest BCUT2D eigenvalue weighted by molar-refractivity contribution is -0.141. The lowest BCUT2D eigenvalue weighted by atomic mass is 9.94. The van der Waals surface area contributed by atoms with E-state index in [9.17, 15) is 9.59 Å². The second kappa shape index (κ2) is 5.50. The normalized spacial score (nSPS) is 23.0. The molecule has 1 atom stereocenters. The monoisotopic (exact) mass is 291 g/mol. The van der Waals surface area contributed by atoms with Crippen molar-refractivity contribution >= 4 is 11.8 Å². The third-order valence-electron chi connectivity index (χ3n) is 4.33. The largest absolute Gasteiger partial charge is 0.361 e. The van der Waals surface area contributed by atoms with Crippen molar-refractivity contribution in [3.63, 3.8) is 0 Å². The molecule has 2 fully saturated rings. The average Bonchev–Trinajstić information content (AvgIpc) is 2.83. The van der Waals surface area contributed by atoms with Gasteiger partial charge in [0.1, 0.15) is 5.76 Å². The number of aryl methyl sites for hydroxylation is 1. The fourth-order valence-electron chi connectivity index (χ4n) is 3.08. The molecule has 3 heterocycles. The Morgan fingerprint density at radius 1 is 1.29 bits per heavy atom. The van der Waals surface area contributed by atoms with Crippen LogP contribution in [0, 0.1) is 18.8 Å². The first kappa shape index (κ1) is 14.1. The number of hydrogen-bond donors (Lipinski definition) is 0. The molecule has 2 aliphatic heterocycles. The van der Waals surface area contributed by atoms with Gasteiger partial charge in [-0.05, 0) is 25.7 Å². The molecule has 0 aromatic carbocycles. The van der Waals surface area contributed by atoms with Crippen molar-refractivity contribution < 1.29 is 14.1 Å². The maximum absolute atomic E-state index is 12.4. The van der Waals surface area contributed by atoms with Crippen LogP contribution in [-0.2, 0) is 4.79 Å². The Labute approximate surface area is 124 Å². The molecule has 0 bridgehead atoms. The van der Waals surface area contributed by atoms with Crippen LogP contribution >= 0.6 is 0 Å². The van der Waals surface area contributed by atoms with E-state index >= 15 is 0 Å². The van der Waals surface area contributed by atoms with Crippen LogP contribution in [0.15, 0.2) is 10.6 Å². The Morgan fingerprint density at radius 3 is 2.67 bits per heavy atom. The molecule has 3 rings (SSSR count). The third-order valence-corrected chi connectivity index (χ3v) is 4.33.